The number of aromatic nitrogens is 4. The predicted molar refractivity (Wildman–Crippen MR) is 104 cm³/mol. The maximum absolute atomic E-state index is 12.7. The van der Waals surface area contributed by atoms with Gasteiger partial charge in [0.2, 0.25) is 5.88 Å². The molecule has 0 saturated carbocycles. The second kappa shape index (κ2) is 7.80. The molecule has 144 valence electrons. The van der Waals surface area contributed by atoms with Gasteiger partial charge < -0.3 is 9.64 Å². The van der Waals surface area contributed by atoms with E-state index in [2.05, 4.69) is 20.2 Å². The Bertz CT molecular complexity index is 962. The number of H-pyrrole nitrogens is 1. The fraction of sp³-hybridized carbons (Fsp3) is 0.333. The summed E-state index contributed by atoms with van der Waals surface area (Å²) in [4.78, 5) is 23.8. The van der Waals surface area contributed by atoms with E-state index >= 15 is 0 Å². The van der Waals surface area contributed by atoms with Gasteiger partial charge in [-0.15, -0.1) is 0 Å². The third kappa shape index (κ3) is 3.88. The summed E-state index contributed by atoms with van der Waals surface area (Å²) in [5, 5.41) is 6.77. The van der Waals surface area contributed by atoms with E-state index in [9.17, 15) is 4.79 Å². The number of amides is 1. The van der Waals surface area contributed by atoms with Crippen molar-refractivity contribution in [1.29, 1.82) is 0 Å². The molecule has 1 N–H and O–H groups in total. The number of carbonyl (C=O) groups is 1. The molecule has 3 heterocycles. The normalized spacial score (nSPS) is 14.9. The number of aryl methyl sites for hydroxylation is 2. The molecule has 1 amide bonds. The summed E-state index contributed by atoms with van der Waals surface area (Å²) in [5.74, 6) is 2.34. The molecular formula is C21H23N5O2. The van der Waals surface area contributed by atoms with E-state index < -0.39 is 0 Å². The van der Waals surface area contributed by atoms with Crippen LogP contribution >= 0.6 is 0 Å². The smallest absolute Gasteiger partial charge is 0.257 e. The lowest BCUT2D eigenvalue weighted by atomic mass is 9.95. The van der Waals surface area contributed by atoms with Crippen LogP contribution in [0.25, 0.3) is 0 Å². The fourth-order valence-electron chi connectivity index (χ4n) is 3.48. The number of carbonyl (C=O) groups excluding carboxylic acids is 1. The first-order valence-corrected chi connectivity index (χ1v) is 9.48. The molecule has 4 rings (SSSR count). The highest BCUT2D eigenvalue weighted by atomic mass is 16.5. The summed E-state index contributed by atoms with van der Waals surface area (Å²) in [6.07, 6.45) is 3.26. The van der Waals surface area contributed by atoms with Crippen LogP contribution in [0.1, 0.15) is 46.3 Å². The van der Waals surface area contributed by atoms with Gasteiger partial charge in [-0.25, -0.2) is 4.98 Å². The molecule has 1 aliphatic rings. The van der Waals surface area contributed by atoms with Crippen molar-refractivity contribution in [2.24, 2.45) is 0 Å². The van der Waals surface area contributed by atoms with Crippen LogP contribution in [-0.4, -0.2) is 44.1 Å². The van der Waals surface area contributed by atoms with Gasteiger partial charge in [0.05, 0.1) is 11.8 Å². The monoisotopic (exact) mass is 377 g/mol. The highest BCUT2D eigenvalue weighted by Gasteiger charge is 2.27. The molecule has 7 nitrogen and oxygen atoms in total. The lowest BCUT2D eigenvalue weighted by molar-refractivity contribution is 0.0710. The van der Waals surface area contributed by atoms with Crippen LogP contribution in [0.3, 0.4) is 0 Å². The lowest BCUT2D eigenvalue weighted by Crippen LogP contribution is -2.38. The van der Waals surface area contributed by atoms with Crippen molar-refractivity contribution in [3.05, 3.63) is 65.4 Å². The molecule has 0 bridgehead atoms. The minimum atomic E-state index is 0.0305. The minimum Gasteiger partial charge on any atom is -0.439 e. The van der Waals surface area contributed by atoms with Crippen LogP contribution in [0.15, 0.2) is 42.6 Å². The molecular weight excluding hydrogens is 354 g/mol. The third-order valence-corrected chi connectivity index (χ3v) is 5.02. The second-order valence-corrected chi connectivity index (χ2v) is 7.10. The zero-order valence-electron chi connectivity index (χ0n) is 16.1. The molecule has 0 aliphatic carbocycles. The number of hydrogen-bond acceptors (Lipinski definition) is 5. The zero-order chi connectivity index (χ0) is 19.5. The first-order chi connectivity index (χ1) is 13.6. The van der Waals surface area contributed by atoms with E-state index in [1.807, 2.05) is 55.1 Å². The number of ether oxygens (including phenoxy) is 1. The van der Waals surface area contributed by atoms with Gasteiger partial charge in [0, 0.05) is 36.5 Å². The van der Waals surface area contributed by atoms with Crippen LogP contribution in [0.5, 0.6) is 11.6 Å². The lowest BCUT2D eigenvalue weighted by Gasteiger charge is -2.31. The quantitative estimate of drug-likeness (QED) is 0.751. The summed E-state index contributed by atoms with van der Waals surface area (Å²) >= 11 is 0. The average molecular weight is 377 g/mol. The topological polar surface area (TPSA) is 84.0 Å². The Kier molecular flexibility index (Phi) is 5.06. The Labute approximate surface area is 163 Å². The molecule has 1 fully saturated rings. The molecule has 28 heavy (non-hydrogen) atoms. The maximum Gasteiger partial charge on any atom is 0.257 e. The van der Waals surface area contributed by atoms with Crippen molar-refractivity contribution >= 4 is 5.91 Å². The van der Waals surface area contributed by atoms with E-state index in [4.69, 9.17) is 4.74 Å². The first kappa shape index (κ1) is 18.2. The van der Waals surface area contributed by atoms with Gasteiger partial charge in [0.25, 0.3) is 5.91 Å². The minimum absolute atomic E-state index is 0.0305. The van der Waals surface area contributed by atoms with E-state index in [1.54, 1.807) is 6.20 Å². The van der Waals surface area contributed by atoms with E-state index in [1.165, 1.54) is 0 Å². The largest absolute Gasteiger partial charge is 0.439 e. The summed E-state index contributed by atoms with van der Waals surface area (Å²) in [6, 6.07) is 11.5. The Morgan fingerprint density at radius 3 is 2.57 bits per heavy atom. The Hall–Kier alpha value is -3.22. The summed E-state index contributed by atoms with van der Waals surface area (Å²) in [5.41, 5.74) is 2.32. The molecule has 0 atom stereocenters. The van der Waals surface area contributed by atoms with Crippen LogP contribution in [-0.2, 0) is 0 Å². The van der Waals surface area contributed by atoms with Gasteiger partial charge in [-0.1, -0.05) is 18.2 Å². The van der Waals surface area contributed by atoms with Crippen molar-refractivity contribution in [3.63, 3.8) is 0 Å². The number of likely N-dealkylation sites (tertiary alicyclic amines) is 1. The number of para-hydroxylation sites is 1. The molecule has 3 aromatic rings. The number of aromatic amines is 1. The number of hydrogen-bond donors (Lipinski definition) is 1. The molecule has 0 unspecified atom stereocenters. The van der Waals surface area contributed by atoms with Gasteiger partial charge in [-0.2, -0.15) is 10.1 Å². The van der Waals surface area contributed by atoms with Crippen molar-refractivity contribution in [1.82, 2.24) is 25.1 Å². The first-order valence-electron chi connectivity index (χ1n) is 9.48. The Morgan fingerprint density at radius 1 is 1.14 bits per heavy atom. The van der Waals surface area contributed by atoms with Gasteiger partial charge in [-0.05, 0) is 38.8 Å². The van der Waals surface area contributed by atoms with Crippen molar-refractivity contribution in [3.8, 4) is 11.6 Å². The molecule has 7 heteroatoms. The fourth-order valence-corrected chi connectivity index (χ4v) is 3.48. The molecule has 1 aromatic carbocycles. The number of piperidine rings is 1. The van der Waals surface area contributed by atoms with Gasteiger partial charge in [0.15, 0.2) is 0 Å². The summed E-state index contributed by atoms with van der Waals surface area (Å²) in [6.45, 7) is 5.17. The number of nitrogens with zero attached hydrogens (tertiary/aromatic N) is 4. The van der Waals surface area contributed by atoms with Crippen LogP contribution < -0.4 is 4.74 Å². The van der Waals surface area contributed by atoms with Gasteiger partial charge >= 0.3 is 0 Å². The maximum atomic E-state index is 12.7. The van der Waals surface area contributed by atoms with E-state index in [0.717, 1.165) is 35.8 Å². The van der Waals surface area contributed by atoms with Gasteiger partial charge in [0.1, 0.15) is 11.6 Å². The average Bonchev–Trinajstić information content (AvgIpc) is 3.14. The molecule has 1 aliphatic heterocycles. The van der Waals surface area contributed by atoms with Crippen LogP contribution in [0.4, 0.5) is 0 Å². The van der Waals surface area contributed by atoms with Crippen LogP contribution in [0.2, 0.25) is 0 Å². The Morgan fingerprint density at radius 2 is 1.89 bits per heavy atom. The molecule has 1 saturated heterocycles. The van der Waals surface area contributed by atoms with Crippen molar-refractivity contribution in [2.45, 2.75) is 32.6 Å². The summed E-state index contributed by atoms with van der Waals surface area (Å²) in [7, 11) is 0. The van der Waals surface area contributed by atoms with E-state index in [-0.39, 0.29) is 11.8 Å². The Balaban J connectivity index is 1.44. The molecule has 2 aromatic heterocycles. The third-order valence-electron chi connectivity index (χ3n) is 5.02. The van der Waals surface area contributed by atoms with E-state index in [0.29, 0.717) is 24.5 Å². The highest BCUT2D eigenvalue weighted by molar-refractivity contribution is 5.95. The van der Waals surface area contributed by atoms with Gasteiger partial charge in [-0.3, -0.25) is 9.89 Å². The molecule has 0 radical (unpaired) electrons. The van der Waals surface area contributed by atoms with Crippen molar-refractivity contribution in [2.75, 3.05) is 13.1 Å². The molecule has 0 spiro atoms. The number of nitrogens with one attached hydrogen (secondary N) is 1. The second-order valence-electron chi connectivity index (χ2n) is 7.10. The zero-order valence-corrected chi connectivity index (χ0v) is 16.1. The number of benzene rings is 1. The standard InChI is InChI=1S/C21H23N5O2/c1-14-12-19(28-17-6-4-3-5-7-17)24-20(23-14)16-8-10-26(11-9-16)21(27)18-13-22-25-15(18)2/h3-7,12-13,16H,8-11H2,1-2H3,(H,22,25). The SMILES string of the molecule is Cc1cc(Oc2ccccc2)nc(C2CCN(C(=O)c3cn[nH]c3C)CC2)n1. The summed E-state index contributed by atoms with van der Waals surface area (Å²) < 4.78 is 5.89. The van der Waals surface area contributed by atoms with Crippen molar-refractivity contribution < 1.29 is 9.53 Å². The highest BCUT2D eigenvalue weighted by Crippen LogP contribution is 2.29. The predicted octanol–water partition coefficient (Wildman–Crippen LogP) is 3.63. The van der Waals surface area contributed by atoms with Crippen LogP contribution in [0, 0.1) is 13.8 Å². The number of rotatable bonds is 4.